The topological polar surface area (TPSA) is 95.9 Å². The van der Waals surface area contributed by atoms with E-state index in [4.69, 9.17) is 4.74 Å². The van der Waals surface area contributed by atoms with Crippen LogP contribution in [0.2, 0.25) is 0 Å². The molecule has 0 bridgehead atoms. The Kier molecular flexibility index (Phi) is 5.30. The van der Waals surface area contributed by atoms with E-state index < -0.39 is 48.3 Å². The Morgan fingerprint density at radius 2 is 1.62 bits per heavy atom. The number of carboxylic acids is 1. The lowest BCUT2D eigenvalue weighted by molar-refractivity contribution is -0.150. The second-order valence-corrected chi connectivity index (χ2v) is 9.31. The van der Waals surface area contributed by atoms with Gasteiger partial charge in [-0.1, -0.05) is 48.5 Å². The summed E-state index contributed by atoms with van der Waals surface area (Å²) in [4.78, 5) is 37.5. The van der Waals surface area contributed by atoms with E-state index in [1.54, 1.807) is 0 Å². The van der Waals surface area contributed by atoms with Gasteiger partial charge in [-0.25, -0.2) is 18.4 Å². The number of nitrogens with one attached hydrogen (secondary N) is 1. The minimum Gasteiger partial charge on any atom is -0.480 e. The van der Waals surface area contributed by atoms with E-state index in [9.17, 15) is 28.3 Å². The van der Waals surface area contributed by atoms with E-state index in [1.165, 1.54) is 0 Å². The molecule has 0 aromatic heterocycles. The van der Waals surface area contributed by atoms with Crippen molar-refractivity contribution in [2.24, 2.45) is 5.41 Å². The summed E-state index contributed by atoms with van der Waals surface area (Å²) in [6.07, 6.45) is -0.819. The number of hydrogen-bond donors (Lipinski definition) is 2. The molecule has 2 fully saturated rings. The second kappa shape index (κ2) is 8.07. The van der Waals surface area contributed by atoms with Gasteiger partial charge in [0.1, 0.15) is 12.6 Å². The lowest BCUT2D eigenvalue weighted by Gasteiger charge is -2.26. The van der Waals surface area contributed by atoms with Crippen LogP contribution in [0, 0.1) is 5.41 Å². The maximum atomic E-state index is 13.8. The fourth-order valence-electron chi connectivity index (χ4n) is 5.06. The number of ether oxygens (including phenoxy) is 1. The Hall–Kier alpha value is -3.49. The number of rotatable bonds is 6. The molecule has 2 aliphatic carbocycles. The summed E-state index contributed by atoms with van der Waals surface area (Å²) >= 11 is 0. The third kappa shape index (κ3) is 3.89. The van der Waals surface area contributed by atoms with Crippen LogP contribution < -0.4 is 5.32 Å². The summed E-state index contributed by atoms with van der Waals surface area (Å²) in [5, 5.41) is 11.8. The van der Waals surface area contributed by atoms with E-state index in [2.05, 4.69) is 5.32 Å². The van der Waals surface area contributed by atoms with Gasteiger partial charge in [-0.15, -0.1) is 0 Å². The predicted molar refractivity (Wildman–Crippen MR) is 117 cm³/mol. The van der Waals surface area contributed by atoms with Crippen LogP contribution in [0.4, 0.5) is 13.6 Å². The van der Waals surface area contributed by atoms with Gasteiger partial charge in [0.15, 0.2) is 0 Å². The van der Waals surface area contributed by atoms with E-state index >= 15 is 0 Å². The van der Waals surface area contributed by atoms with Gasteiger partial charge in [-0.3, -0.25) is 4.79 Å². The van der Waals surface area contributed by atoms with Gasteiger partial charge in [0.05, 0.1) is 12.0 Å². The van der Waals surface area contributed by atoms with Gasteiger partial charge >= 0.3 is 12.1 Å². The van der Waals surface area contributed by atoms with E-state index in [-0.39, 0.29) is 19.1 Å². The minimum absolute atomic E-state index is 0.0864. The third-order valence-electron chi connectivity index (χ3n) is 7.04. The number of halogens is 2. The molecular weight excluding hydrogens is 446 g/mol. The molecule has 1 saturated heterocycles. The molecule has 0 radical (unpaired) electrons. The summed E-state index contributed by atoms with van der Waals surface area (Å²) in [6.45, 7) is -0.896. The molecular formula is C25H24F2N2O5. The first kappa shape index (κ1) is 22.3. The van der Waals surface area contributed by atoms with Gasteiger partial charge in [0.25, 0.3) is 5.92 Å². The van der Waals surface area contributed by atoms with Crippen molar-refractivity contribution in [3.8, 4) is 11.1 Å². The number of alkyl carbamates (subject to hydrolysis) is 1. The van der Waals surface area contributed by atoms with Crippen LogP contribution in [0.1, 0.15) is 36.3 Å². The average Bonchev–Trinajstić information content (AvgIpc) is 3.44. The first-order chi connectivity index (χ1) is 16.2. The molecule has 2 aromatic carbocycles. The molecule has 2 N–H and O–H groups in total. The molecule has 2 aromatic rings. The van der Waals surface area contributed by atoms with Gasteiger partial charge in [0.2, 0.25) is 5.91 Å². The molecule has 0 unspecified atom stereocenters. The Bertz CT molecular complexity index is 1120. The van der Waals surface area contributed by atoms with Gasteiger partial charge < -0.3 is 20.1 Å². The maximum Gasteiger partial charge on any atom is 0.407 e. The highest BCUT2D eigenvalue weighted by atomic mass is 19.3. The highest BCUT2D eigenvalue weighted by Crippen LogP contribution is 2.49. The van der Waals surface area contributed by atoms with Crippen molar-refractivity contribution in [1.29, 1.82) is 0 Å². The van der Waals surface area contributed by atoms with E-state index in [0.29, 0.717) is 12.8 Å². The van der Waals surface area contributed by atoms with Gasteiger partial charge in [-0.05, 0) is 35.1 Å². The zero-order chi connectivity index (χ0) is 24.1. The number of likely N-dealkylation sites (tertiary alicyclic amines) is 1. The number of carbonyl (C=O) groups excluding carboxylic acids is 2. The molecule has 178 valence electrons. The monoisotopic (exact) mass is 470 g/mol. The maximum absolute atomic E-state index is 13.8. The molecule has 1 heterocycles. The Morgan fingerprint density at radius 1 is 1.03 bits per heavy atom. The standard InChI is InChI=1S/C25H24F2N2O5/c26-25(27)11-20(21(30)31)29(14-25)22(32)24(9-10-24)13-28-23(33)34-12-19-17-7-3-1-5-15(17)16-6-2-4-8-18(16)19/h1-8,19-20H,9-14H2,(H,28,33)(H,30,31)/t20-/m1/s1. The summed E-state index contributed by atoms with van der Waals surface area (Å²) in [5.41, 5.74) is 3.29. The summed E-state index contributed by atoms with van der Waals surface area (Å²) in [5.74, 6) is -5.46. The molecule has 5 rings (SSSR count). The molecule has 1 aliphatic heterocycles. The lowest BCUT2D eigenvalue weighted by Crippen LogP contribution is -2.47. The number of fused-ring (bicyclic) bond motifs is 3. The fourth-order valence-corrected chi connectivity index (χ4v) is 5.06. The van der Waals surface area contributed by atoms with Crippen molar-refractivity contribution in [2.75, 3.05) is 19.7 Å². The van der Waals surface area contributed by atoms with Crippen LogP contribution >= 0.6 is 0 Å². The number of amides is 2. The molecule has 1 saturated carbocycles. The van der Waals surface area contributed by atoms with Gasteiger partial charge in [-0.2, -0.15) is 0 Å². The van der Waals surface area contributed by atoms with Crippen molar-refractivity contribution < 1.29 is 33.0 Å². The summed E-state index contributed by atoms with van der Waals surface area (Å²) in [6, 6.07) is 14.3. The first-order valence-corrected chi connectivity index (χ1v) is 11.2. The molecule has 2 amide bonds. The Morgan fingerprint density at radius 3 is 2.18 bits per heavy atom. The van der Waals surface area contributed by atoms with Crippen molar-refractivity contribution in [3.63, 3.8) is 0 Å². The number of carbonyl (C=O) groups is 3. The van der Waals surface area contributed by atoms with Crippen LogP contribution in [0.3, 0.4) is 0 Å². The van der Waals surface area contributed by atoms with Crippen molar-refractivity contribution in [2.45, 2.75) is 37.1 Å². The number of nitrogens with zero attached hydrogens (tertiary/aromatic N) is 1. The predicted octanol–water partition coefficient (Wildman–Crippen LogP) is 3.63. The Labute approximate surface area is 194 Å². The normalized spacial score (nSPS) is 21.5. The van der Waals surface area contributed by atoms with Crippen LogP contribution in [0.5, 0.6) is 0 Å². The zero-order valence-corrected chi connectivity index (χ0v) is 18.3. The first-order valence-electron chi connectivity index (χ1n) is 11.2. The Balaban J connectivity index is 1.20. The van der Waals surface area contributed by atoms with Crippen LogP contribution in [0.25, 0.3) is 11.1 Å². The largest absolute Gasteiger partial charge is 0.480 e. The third-order valence-corrected chi connectivity index (χ3v) is 7.04. The molecule has 7 nitrogen and oxygen atoms in total. The van der Waals surface area contributed by atoms with Crippen molar-refractivity contribution in [3.05, 3.63) is 59.7 Å². The molecule has 34 heavy (non-hydrogen) atoms. The molecule has 1 atom stereocenters. The molecule has 9 heteroatoms. The summed E-state index contributed by atoms with van der Waals surface area (Å²) in [7, 11) is 0. The SMILES string of the molecule is O=C(NCC1(C(=O)N2CC(F)(F)C[C@@H]2C(=O)O)CC1)OCC1c2ccccc2-c2ccccc21. The second-order valence-electron chi connectivity index (χ2n) is 9.31. The van der Waals surface area contributed by atoms with E-state index in [1.807, 2.05) is 48.5 Å². The number of carboxylic acid groups (broad SMARTS) is 1. The van der Waals surface area contributed by atoms with Gasteiger partial charge in [0, 0.05) is 18.9 Å². The highest BCUT2D eigenvalue weighted by Gasteiger charge is 2.58. The average molecular weight is 470 g/mol. The molecule has 0 spiro atoms. The van der Waals surface area contributed by atoms with Crippen molar-refractivity contribution in [1.82, 2.24) is 10.2 Å². The van der Waals surface area contributed by atoms with Crippen LogP contribution in [0.15, 0.2) is 48.5 Å². The number of alkyl halides is 2. The minimum atomic E-state index is -3.24. The lowest BCUT2D eigenvalue weighted by atomic mass is 9.98. The van der Waals surface area contributed by atoms with E-state index in [0.717, 1.165) is 27.2 Å². The number of benzene rings is 2. The quantitative estimate of drug-likeness (QED) is 0.672. The fraction of sp³-hybridized carbons (Fsp3) is 0.400. The number of hydrogen-bond acceptors (Lipinski definition) is 4. The summed E-state index contributed by atoms with van der Waals surface area (Å²) < 4.78 is 33.1. The smallest absolute Gasteiger partial charge is 0.407 e. The highest BCUT2D eigenvalue weighted by molar-refractivity contribution is 5.90. The van der Waals surface area contributed by atoms with Crippen molar-refractivity contribution >= 4 is 18.0 Å². The zero-order valence-electron chi connectivity index (χ0n) is 18.3. The number of aliphatic carboxylic acids is 1. The van der Waals surface area contributed by atoms with Crippen LogP contribution in [-0.4, -0.2) is 59.6 Å². The van der Waals surface area contributed by atoms with Crippen LogP contribution in [-0.2, 0) is 14.3 Å². The molecule has 3 aliphatic rings.